The summed E-state index contributed by atoms with van der Waals surface area (Å²) in [6.07, 6.45) is 2.27. The fraction of sp³-hybridized carbons (Fsp3) is 0.455. The lowest BCUT2D eigenvalue weighted by atomic mass is 10.0. The second-order valence-electron chi connectivity index (χ2n) is 3.57. The Balaban J connectivity index is 2.81. The van der Waals surface area contributed by atoms with Crippen molar-refractivity contribution >= 4 is 33.3 Å². The fourth-order valence-corrected chi connectivity index (χ4v) is 2.62. The van der Waals surface area contributed by atoms with Gasteiger partial charge in [-0.1, -0.05) is 19.4 Å². The van der Waals surface area contributed by atoms with Gasteiger partial charge in [0.05, 0.1) is 0 Å². The molecule has 0 fully saturated rings. The maximum atomic E-state index is 3.46. The zero-order valence-corrected chi connectivity index (χ0v) is 11.2. The molecule has 0 aromatic carbocycles. The standard InChI is InChI=1S/C11H16BrNS/c1-8(2)9(6-13-3)4-11-5-10(12)7-14-11/h4-5,7-8,13H,6H2,1-3H3. The summed E-state index contributed by atoms with van der Waals surface area (Å²) in [5.74, 6) is 0.600. The molecule has 0 spiro atoms. The van der Waals surface area contributed by atoms with E-state index in [2.05, 4.69) is 52.6 Å². The van der Waals surface area contributed by atoms with Gasteiger partial charge in [-0.15, -0.1) is 11.3 Å². The largest absolute Gasteiger partial charge is 0.316 e. The van der Waals surface area contributed by atoms with Crippen molar-refractivity contribution in [3.8, 4) is 0 Å². The minimum Gasteiger partial charge on any atom is -0.316 e. The van der Waals surface area contributed by atoms with Crippen LogP contribution >= 0.6 is 27.3 Å². The van der Waals surface area contributed by atoms with E-state index in [1.165, 1.54) is 14.9 Å². The Hall–Kier alpha value is -0.120. The first kappa shape index (κ1) is 12.0. The van der Waals surface area contributed by atoms with E-state index in [4.69, 9.17) is 0 Å². The summed E-state index contributed by atoms with van der Waals surface area (Å²) in [5, 5.41) is 5.32. The zero-order valence-electron chi connectivity index (χ0n) is 8.80. The van der Waals surface area contributed by atoms with E-state index >= 15 is 0 Å². The molecule has 1 aromatic heterocycles. The average Bonchev–Trinajstić information content (AvgIpc) is 2.50. The van der Waals surface area contributed by atoms with Crippen LogP contribution in [0, 0.1) is 5.92 Å². The van der Waals surface area contributed by atoms with E-state index < -0.39 is 0 Å². The Bertz CT molecular complexity index is 315. The van der Waals surface area contributed by atoms with Gasteiger partial charge in [-0.05, 0) is 41.0 Å². The van der Waals surface area contributed by atoms with E-state index in [1.807, 2.05) is 7.05 Å². The van der Waals surface area contributed by atoms with Gasteiger partial charge in [-0.3, -0.25) is 0 Å². The first-order valence-electron chi connectivity index (χ1n) is 4.72. The molecule has 0 radical (unpaired) electrons. The average molecular weight is 274 g/mol. The van der Waals surface area contributed by atoms with Crippen molar-refractivity contribution in [2.75, 3.05) is 13.6 Å². The van der Waals surface area contributed by atoms with Crippen molar-refractivity contribution < 1.29 is 0 Å². The maximum Gasteiger partial charge on any atom is 0.0288 e. The molecule has 78 valence electrons. The highest BCUT2D eigenvalue weighted by Gasteiger charge is 2.03. The second-order valence-corrected chi connectivity index (χ2v) is 5.43. The molecule has 0 atom stereocenters. The molecular formula is C11H16BrNS. The summed E-state index contributed by atoms with van der Waals surface area (Å²) < 4.78 is 1.17. The fourth-order valence-electron chi connectivity index (χ4n) is 1.21. The molecule has 1 aromatic rings. The van der Waals surface area contributed by atoms with Crippen LogP contribution in [0.3, 0.4) is 0 Å². The molecule has 1 rings (SSSR count). The molecule has 0 saturated carbocycles. The Morgan fingerprint density at radius 2 is 2.36 bits per heavy atom. The number of halogens is 1. The number of hydrogen-bond acceptors (Lipinski definition) is 2. The smallest absolute Gasteiger partial charge is 0.0288 e. The van der Waals surface area contributed by atoms with Gasteiger partial charge in [0.1, 0.15) is 0 Å². The molecule has 0 amide bonds. The van der Waals surface area contributed by atoms with Crippen LogP contribution in [0.25, 0.3) is 6.08 Å². The Morgan fingerprint density at radius 3 is 2.79 bits per heavy atom. The number of hydrogen-bond donors (Lipinski definition) is 1. The highest BCUT2D eigenvalue weighted by molar-refractivity contribution is 9.10. The van der Waals surface area contributed by atoms with Crippen molar-refractivity contribution in [3.05, 3.63) is 26.4 Å². The maximum absolute atomic E-state index is 3.46. The monoisotopic (exact) mass is 273 g/mol. The van der Waals surface area contributed by atoms with Gasteiger partial charge in [-0.25, -0.2) is 0 Å². The summed E-state index contributed by atoms with van der Waals surface area (Å²) in [4.78, 5) is 1.32. The van der Waals surface area contributed by atoms with E-state index in [1.54, 1.807) is 11.3 Å². The van der Waals surface area contributed by atoms with Crippen molar-refractivity contribution in [2.24, 2.45) is 5.92 Å². The Kier molecular flexibility index (Phi) is 4.85. The van der Waals surface area contributed by atoms with Crippen LogP contribution in [-0.2, 0) is 0 Å². The normalized spacial score (nSPS) is 12.5. The van der Waals surface area contributed by atoms with Crippen molar-refractivity contribution in [1.82, 2.24) is 5.32 Å². The number of rotatable bonds is 4. The van der Waals surface area contributed by atoms with Crippen LogP contribution < -0.4 is 5.32 Å². The molecule has 1 N–H and O–H groups in total. The van der Waals surface area contributed by atoms with E-state index in [0.717, 1.165) is 6.54 Å². The minimum atomic E-state index is 0.600. The summed E-state index contributed by atoms with van der Waals surface area (Å²) in [6, 6.07) is 2.16. The first-order valence-corrected chi connectivity index (χ1v) is 6.40. The first-order chi connectivity index (χ1) is 6.63. The zero-order chi connectivity index (χ0) is 10.6. The topological polar surface area (TPSA) is 12.0 Å². The lowest BCUT2D eigenvalue weighted by molar-refractivity contribution is 0.713. The van der Waals surface area contributed by atoms with Gasteiger partial charge in [0.25, 0.3) is 0 Å². The molecule has 0 aliphatic heterocycles. The molecule has 0 saturated heterocycles. The van der Waals surface area contributed by atoms with Gasteiger partial charge < -0.3 is 5.32 Å². The number of nitrogens with one attached hydrogen (secondary N) is 1. The molecule has 14 heavy (non-hydrogen) atoms. The van der Waals surface area contributed by atoms with Crippen LogP contribution in [0.4, 0.5) is 0 Å². The third-order valence-electron chi connectivity index (χ3n) is 2.04. The van der Waals surface area contributed by atoms with Gasteiger partial charge in [-0.2, -0.15) is 0 Å². The van der Waals surface area contributed by atoms with E-state index in [9.17, 15) is 0 Å². The lowest BCUT2D eigenvalue weighted by Crippen LogP contribution is -2.13. The van der Waals surface area contributed by atoms with Crippen LogP contribution in [0.5, 0.6) is 0 Å². The molecule has 0 aliphatic carbocycles. The van der Waals surface area contributed by atoms with Crippen molar-refractivity contribution in [3.63, 3.8) is 0 Å². The van der Waals surface area contributed by atoms with Gasteiger partial charge in [0.15, 0.2) is 0 Å². The van der Waals surface area contributed by atoms with E-state index in [0.29, 0.717) is 5.92 Å². The highest BCUT2D eigenvalue weighted by atomic mass is 79.9. The third-order valence-corrected chi connectivity index (χ3v) is 3.68. The minimum absolute atomic E-state index is 0.600. The Labute approximate surface area is 98.4 Å². The second kappa shape index (κ2) is 5.69. The third kappa shape index (κ3) is 3.56. The molecular weight excluding hydrogens is 258 g/mol. The summed E-state index contributed by atoms with van der Waals surface area (Å²) in [6.45, 7) is 5.42. The quantitative estimate of drug-likeness (QED) is 0.881. The van der Waals surface area contributed by atoms with Gasteiger partial charge in [0, 0.05) is 21.3 Å². The molecule has 0 bridgehead atoms. The van der Waals surface area contributed by atoms with E-state index in [-0.39, 0.29) is 0 Å². The molecule has 0 aliphatic rings. The van der Waals surface area contributed by atoms with Gasteiger partial charge >= 0.3 is 0 Å². The molecule has 0 unspecified atom stereocenters. The van der Waals surface area contributed by atoms with Crippen LogP contribution in [0.2, 0.25) is 0 Å². The number of thiophene rings is 1. The summed E-state index contributed by atoms with van der Waals surface area (Å²) in [7, 11) is 1.99. The number of likely N-dealkylation sites (N-methyl/N-ethyl adjacent to an activating group) is 1. The molecule has 1 nitrogen and oxygen atoms in total. The van der Waals surface area contributed by atoms with Gasteiger partial charge in [0.2, 0.25) is 0 Å². The molecule has 3 heteroatoms. The lowest BCUT2D eigenvalue weighted by Gasteiger charge is -2.09. The van der Waals surface area contributed by atoms with Crippen molar-refractivity contribution in [1.29, 1.82) is 0 Å². The Morgan fingerprint density at radius 1 is 1.64 bits per heavy atom. The summed E-state index contributed by atoms with van der Waals surface area (Å²) in [5.41, 5.74) is 1.45. The van der Waals surface area contributed by atoms with Crippen molar-refractivity contribution in [2.45, 2.75) is 13.8 Å². The summed E-state index contributed by atoms with van der Waals surface area (Å²) >= 11 is 5.23. The highest BCUT2D eigenvalue weighted by Crippen LogP contribution is 2.23. The predicted octanol–water partition coefficient (Wildman–Crippen LogP) is 3.77. The van der Waals surface area contributed by atoms with Crippen LogP contribution in [-0.4, -0.2) is 13.6 Å². The van der Waals surface area contributed by atoms with Crippen LogP contribution in [0.15, 0.2) is 21.5 Å². The van der Waals surface area contributed by atoms with Crippen LogP contribution in [0.1, 0.15) is 18.7 Å². The molecule has 1 heterocycles. The predicted molar refractivity (Wildman–Crippen MR) is 68.8 cm³/mol. The SMILES string of the molecule is CNCC(=Cc1cc(Br)cs1)C(C)C.